The molecule has 0 aliphatic rings. The molecule has 0 spiro atoms. The van der Waals surface area contributed by atoms with Crippen molar-refractivity contribution in [2.75, 3.05) is 0 Å². The normalized spacial score (nSPS) is 9.18. The fourth-order valence-corrected chi connectivity index (χ4v) is 0.491. The maximum absolute atomic E-state index is 10.3. The lowest BCUT2D eigenvalue weighted by Gasteiger charge is -1.96. The Morgan fingerprint density at radius 2 is 2.09 bits per heavy atom. The summed E-state index contributed by atoms with van der Waals surface area (Å²) in [6.45, 7) is 1.25. The highest BCUT2D eigenvalue weighted by Gasteiger charge is 1.99. The molecule has 0 radical (unpaired) electrons. The summed E-state index contributed by atoms with van der Waals surface area (Å²) in [4.78, 5) is 17.4. The summed E-state index contributed by atoms with van der Waals surface area (Å²) in [6.07, 6.45) is 2.29. The smallest absolute Gasteiger partial charge is 0.324 e. The summed E-state index contributed by atoms with van der Waals surface area (Å²) in [6, 6.07) is -0.0599. The van der Waals surface area contributed by atoms with Crippen LogP contribution in [0, 0.1) is 0 Å². The van der Waals surface area contributed by atoms with Crippen molar-refractivity contribution in [3.05, 3.63) is 12.4 Å². The van der Waals surface area contributed by atoms with Crippen molar-refractivity contribution in [1.29, 1.82) is 0 Å². The van der Waals surface area contributed by atoms with E-state index in [1.165, 1.54) is 6.92 Å². The van der Waals surface area contributed by atoms with E-state index in [0.717, 1.165) is 12.4 Å². The number of hydrogen-bond donors (Lipinski definition) is 1. The number of hydrogen-bond acceptors (Lipinski definition) is 5. The molecule has 0 aliphatic heterocycles. The van der Waals surface area contributed by atoms with Crippen molar-refractivity contribution in [1.82, 2.24) is 9.97 Å². The topological polar surface area (TPSA) is 72.3 Å². The third kappa shape index (κ3) is 2.21. The molecule has 1 aromatic rings. The van der Waals surface area contributed by atoms with E-state index in [2.05, 4.69) is 14.7 Å². The van der Waals surface area contributed by atoms with Gasteiger partial charge in [-0.15, -0.1) is 0 Å². The van der Waals surface area contributed by atoms with E-state index < -0.39 is 5.97 Å². The molecule has 1 heterocycles. The van der Waals surface area contributed by atoms with Gasteiger partial charge in [-0.1, -0.05) is 0 Å². The van der Waals surface area contributed by atoms with E-state index in [9.17, 15) is 4.79 Å². The highest BCUT2D eigenvalue weighted by atomic mass is 16.5. The first-order chi connectivity index (χ1) is 5.18. The van der Waals surface area contributed by atoms with E-state index in [4.69, 9.17) is 5.11 Å². The van der Waals surface area contributed by atoms with Gasteiger partial charge in [0, 0.05) is 6.92 Å². The summed E-state index contributed by atoms with van der Waals surface area (Å²) < 4.78 is 4.50. The predicted octanol–water partition coefficient (Wildman–Crippen LogP) is 0.107. The third-order valence-corrected chi connectivity index (χ3v) is 0.850. The molecular weight excluding hydrogens is 148 g/mol. The quantitative estimate of drug-likeness (QED) is 0.581. The van der Waals surface area contributed by atoms with E-state index >= 15 is 0 Å². The van der Waals surface area contributed by atoms with Gasteiger partial charge in [0.15, 0.2) is 5.75 Å². The molecular formula is C6H6N2O3. The highest BCUT2D eigenvalue weighted by Crippen LogP contribution is 2.06. The minimum Gasteiger partial charge on any atom is -0.505 e. The molecule has 11 heavy (non-hydrogen) atoms. The van der Waals surface area contributed by atoms with Crippen LogP contribution in [0.2, 0.25) is 0 Å². The molecule has 0 saturated carbocycles. The van der Waals surface area contributed by atoms with Gasteiger partial charge in [0.2, 0.25) is 0 Å². The van der Waals surface area contributed by atoms with Crippen molar-refractivity contribution in [3.63, 3.8) is 0 Å². The number of ether oxygens (including phenoxy) is 1. The van der Waals surface area contributed by atoms with Gasteiger partial charge in [-0.25, -0.2) is 0 Å². The Bertz CT molecular complexity index is 257. The van der Waals surface area contributed by atoms with E-state index in [0.29, 0.717) is 0 Å². The number of nitrogens with zero attached hydrogens (tertiary/aromatic N) is 2. The Labute approximate surface area is 62.7 Å². The second kappa shape index (κ2) is 2.96. The molecule has 0 aliphatic carbocycles. The molecule has 0 bridgehead atoms. The summed E-state index contributed by atoms with van der Waals surface area (Å²) in [5.41, 5.74) is 0. The largest absolute Gasteiger partial charge is 0.505 e. The van der Waals surface area contributed by atoms with Crippen LogP contribution < -0.4 is 4.74 Å². The molecule has 5 nitrogen and oxygen atoms in total. The first-order valence-electron chi connectivity index (χ1n) is 2.88. The molecule has 0 amide bonds. The fraction of sp³-hybridized carbons (Fsp3) is 0.167. The Morgan fingerprint density at radius 3 is 2.55 bits per heavy atom. The number of carbonyl (C=O) groups is 1. The lowest BCUT2D eigenvalue weighted by molar-refractivity contribution is -0.132. The fourth-order valence-electron chi connectivity index (χ4n) is 0.491. The summed E-state index contributed by atoms with van der Waals surface area (Å²) in [5.74, 6) is -0.559. The molecule has 1 rings (SSSR count). The number of aromatic nitrogens is 2. The highest BCUT2D eigenvalue weighted by molar-refractivity contribution is 5.68. The first-order valence-corrected chi connectivity index (χ1v) is 2.88. The average molecular weight is 154 g/mol. The van der Waals surface area contributed by atoms with Crippen LogP contribution in [0.15, 0.2) is 12.4 Å². The maximum Gasteiger partial charge on any atom is 0.324 e. The zero-order chi connectivity index (χ0) is 8.27. The monoisotopic (exact) mass is 154 g/mol. The third-order valence-electron chi connectivity index (χ3n) is 0.850. The van der Waals surface area contributed by atoms with Crippen LogP contribution in [-0.4, -0.2) is 21.0 Å². The molecule has 0 atom stereocenters. The lowest BCUT2D eigenvalue weighted by Crippen LogP contribution is -2.04. The van der Waals surface area contributed by atoms with Crippen LogP contribution in [0.1, 0.15) is 6.92 Å². The standard InChI is InChI=1S/C6H6N2O3/c1-4(9)11-6-7-2-5(10)3-8-6/h2-3,10H,1H3. The maximum atomic E-state index is 10.3. The van der Waals surface area contributed by atoms with Gasteiger partial charge < -0.3 is 9.84 Å². The van der Waals surface area contributed by atoms with Crippen LogP contribution in [-0.2, 0) is 4.79 Å². The Hall–Kier alpha value is -1.65. The van der Waals surface area contributed by atoms with Gasteiger partial charge in [0.25, 0.3) is 0 Å². The molecule has 5 heteroatoms. The van der Waals surface area contributed by atoms with Gasteiger partial charge >= 0.3 is 12.0 Å². The zero-order valence-electron chi connectivity index (χ0n) is 5.81. The minimum absolute atomic E-state index is 0.0599. The number of rotatable bonds is 1. The summed E-state index contributed by atoms with van der Waals surface area (Å²) >= 11 is 0. The van der Waals surface area contributed by atoms with E-state index in [1.54, 1.807) is 0 Å². The lowest BCUT2D eigenvalue weighted by atomic mass is 10.6. The summed E-state index contributed by atoms with van der Waals surface area (Å²) in [7, 11) is 0. The van der Waals surface area contributed by atoms with Crippen LogP contribution >= 0.6 is 0 Å². The minimum atomic E-state index is -0.490. The van der Waals surface area contributed by atoms with Crippen molar-refractivity contribution in [3.8, 4) is 11.8 Å². The second-order valence-corrected chi connectivity index (χ2v) is 1.82. The molecule has 0 saturated heterocycles. The van der Waals surface area contributed by atoms with Crippen LogP contribution in [0.3, 0.4) is 0 Å². The summed E-state index contributed by atoms with van der Waals surface area (Å²) in [5, 5.41) is 8.73. The van der Waals surface area contributed by atoms with E-state index in [1.807, 2.05) is 0 Å². The SMILES string of the molecule is CC(=O)Oc1ncc(O)cn1. The van der Waals surface area contributed by atoms with Crippen molar-refractivity contribution in [2.24, 2.45) is 0 Å². The number of esters is 1. The molecule has 0 fully saturated rings. The average Bonchev–Trinajstić information content (AvgIpc) is 1.93. The molecule has 1 aromatic heterocycles. The number of carbonyl (C=O) groups excluding carboxylic acids is 1. The van der Waals surface area contributed by atoms with Crippen molar-refractivity contribution in [2.45, 2.75) is 6.92 Å². The molecule has 58 valence electrons. The van der Waals surface area contributed by atoms with Crippen LogP contribution in [0.25, 0.3) is 0 Å². The Balaban J connectivity index is 2.74. The number of aromatic hydroxyl groups is 1. The molecule has 0 unspecified atom stereocenters. The molecule has 1 N–H and O–H groups in total. The van der Waals surface area contributed by atoms with Crippen LogP contribution in [0.5, 0.6) is 11.8 Å². The Kier molecular flexibility index (Phi) is 2.00. The van der Waals surface area contributed by atoms with Crippen molar-refractivity contribution < 1.29 is 14.6 Å². The van der Waals surface area contributed by atoms with Crippen LogP contribution in [0.4, 0.5) is 0 Å². The van der Waals surface area contributed by atoms with Gasteiger partial charge in [-0.3, -0.25) is 4.79 Å². The van der Waals surface area contributed by atoms with Gasteiger partial charge in [-0.05, 0) is 0 Å². The van der Waals surface area contributed by atoms with Crippen molar-refractivity contribution >= 4 is 5.97 Å². The van der Waals surface area contributed by atoms with Gasteiger partial charge in [-0.2, -0.15) is 9.97 Å². The first kappa shape index (κ1) is 7.46. The van der Waals surface area contributed by atoms with Gasteiger partial charge in [0.1, 0.15) is 0 Å². The zero-order valence-corrected chi connectivity index (χ0v) is 5.81. The van der Waals surface area contributed by atoms with E-state index in [-0.39, 0.29) is 11.8 Å². The predicted molar refractivity (Wildman–Crippen MR) is 35.0 cm³/mol. The van der Waals surface area contributed by atoms with Gasteiger partial charge in [0.05, 0.1) is 12.4 Å². The Morgan fingerprint density at radius 1 is 1.55 bits per heavy atom. The molecule has 0 aromatic carbocycles. The second-order valence-electron chi connectivity index (χ2n) is 1.82.